The molecule has 2 rings (SSSR count). The average molecular weight is 405 g/mol. The Balaban J connectivity index is 1.67. The van der Waals surface area contributed by atoms with Crippen LogP contribution in [0.5, 0.6) is 0 Å². The summed E-state index contributed by atoms with van der Waals surface area (Å²) in [6.45, 7) is 0. The number of carboxylic acids is 1. The van der Waals surface area contributed by atoms with E-state index >= 15 is 0 Å². The van der Waals surface area contributed by atoms with Crippen molar-refractivity contribution in [3.8, 4) is 0 Å². The van der Waals surface area contributed by atoms with Crippen molar-refractivity contribution >= 4 is 35.1 Å². The van der Waals surface area contributed by atoms with Gasteiger partial charge in [0.25, 0.3) is 0 Å². The normalized spacial score (nSPS) is 23.7. The SMILES string of the molecule is O=C(O)[C@H](O)[C@@]1(O)C[C@@H](CCCCCCc2ccc(Cl)cc2Cl)OC1=O. The minimum atomic E-state index is -2.36. The molecule has 26 heavy (non-hydrogen) atoms. The van der Waals surface area contributed by atoms with Crippen molar-refractivity contribution in [3.05, 3.63) is 33.8 Å². The maximum atomic E-state index is 11.7. The summed E-state index contributed by atoms with van der Waals surface area (Å²) in [6.07, 6.45) is 1.98. The second kappa shape index (κ2) is 9.04. The highest BCUT2D eigenvalue weighted by Gasteiger charge is 2.55. The highest BCUT2D eigenvalue weighted by atomic mass is 35.5. The summed E-state index contributed by atoms with van der Waals surface area (Å²) < 4.78 is 5.01. The largest absolute Gasteiger partial charge is 0.479 e. The Morgan fingerprint density at radius 1 is 1.27 bits per heavy atom. The van der Waals surface area contributed by atoms with Gasteiger partial charge in [-0.1, -0.05) is 42.1 Å². The molecule has 0 unspecified atom stereocenters. The van der Waals surface area contributed by atoms with E-state index in [9.17, 15) is 19.8 Å². The standard InChI is InChI=1S/C18H22Cl2O6/c19-12-8-7-11(14(20)9-12)5-3-1-2-4-6-13-10-18(25,17(24)26-13)15(21)16(22)23/h7-9,13,15,21,25H,1-6,10H2,(H,22,23)/t13-,15+,18+/m1/s1. The zero-order valence-electron chi connectivity index (χ0n) is 14.2. The number of halogens is 2. The van der Waals surface area contributed by atoms with Gasteiger partial charge in [-0.2, -0.15) is 0 Å². The van der Waals surface area contributed by atoms with E-state index in [-0.39, 0.29) is 6.42 Å². The van der Waals surface area contributed by atoms with Crippen molar-refractivity contribution in [2.75, 3.05) is 0 Å². The lowest BCUT2D eigenvalue weighted by Crippen LogP contribution is -2.50. The molecule has 0 aromatic heterocycles. The monoisotopic (exact) mass is 404 g/mol. The van der Waals surface area contributed by atoms with E-state index < -0.39 is 29.7 Å². The van der Waals surface area contributed by atoms with Crippen LogP contribution in [0.3, 0.4) is 0 Å². The fourth-order valence-electron chi connectivity index (χ4n) is 3.08. The van der Waals surface area contributed by atoms with Gasteiger partial charge >= 0.3 is 11.9 Å². The van der Waals surface area contributed by atoms with Crippen molar-refractivity contribution in [2.24, 2.45) is 0 Å². The molecule has 8 heteroatoms. The first-order valence-corrected chi connectivity index (χ1v) is 9.28. The van der Waals surface area contributed by atoms with E-state index in [1.807, 2.05) is 12.1 Å². The number of rotatable bonds is 9. The molecule has 0 aliphatic carbocycles. The molecular weight excluding hydrogens is 383 g/mol. The van der Waals surface area contributed by atoms with E-state index in [0.717, 1.165) is 37.7 Å². The van der Waals surface area contributed by atoms with Crippen LogP contribution in [0.25, 0.3) is 0 Å². The van der Waals surface area contributed by atoms with Gasteiger partial charge in [0.05, 0.1) is 0 Å². The third-order valence-corrected chi connectivity index (χ3v) is 5.18. The van der Waals surface area contributed by atoms with Gasteiger partial charge in [0.2, 0.25) is 5.60 Å². The van der Waals surface area contributed by atoms with Crippen molar-refractivity contribution < 1.29 is 29.6 Å². The van der Waals surface area contributed by atoms with Crippen molar-refractivity contribution in [3.63, 3.8) is 0 Å². The molecule has 3 atom stereocenters. The quantitative estimate of drug-likeness (QED) is 0.431. The molecule has 1 fully saturated rings. The molecule has 0 bridgehead atoms. The van der Waals surface area contributed by atoms with Crippen molar-refractivity contribution in [2.45, 2.75) is 62.8 Å². The number of cyclic esters (lactones) is 1. The Morgan fingerprint density at radius 2 is 1.96 bits per heavy atom. The lowest BCUT2D eigenvalue weighted by Gasteiger charge is -2.20. The number of unbranched alkanes of at least 4 members (excludes halogenated alkanes) is 3. The number of aliphatic hydroxyl groups is 2. The summed E-state index contributed by atoms with van der Waals surface area (Å²) in [5, 5.41) is 29.6. The van der Waals surface area contributed by atoms with E-state index in [0.29, 0.717) is 16.5 Å². The molecule has 1 saturated heterocycles. The molecule has 0 radical (unpaired) electrons. The third kappa shape index (κ3) is 5.10. The number of ether oxygens (including phenoxy) is 1. The summed E-state index contributed by atoms with van der Waals surface area (Å²) in [6, 6.07) is 5.45. The molecule has 144 valence electrons. The fraction of sp³-hybridized carbons (Fsp3) is 0.556. The first kappa shape index (κ1) is 21.0. The van der Waals surface area contributed by atoms with E-state index in [1.54, 1.807) is 6.07 Å². The first-order chi connectivity index (χ1) is 12.2. The second-order valence-electron chi connectivity index (χ2n) is 6.59. The zero-order valence-corrected chi connectivity index (χ0v) is 15.7. The van der Waals surface area contributed by atoms with Gasteiger partial charge in [-0.3, -0.25) is 0 Å². The third-order valence-electron chi connectivity index (χ3n) is 4.59. The Hall–Kier alpha value is -1.34. The van der Waals surface area contributed by atoms with Crippen LogP contribution in [0.4, 0.5) is 0 Å². The molecule has 0 spiro atoms. The number of aryl methyl sites for hydroxylation is 1. The minimum Gasteiger partial charge on any atom is -0.479 e. The number of carbonyl (C=O) groups excluding carboxylic acids is 1. The van der Waals surface area contributed by atoms with Crippen molar-refractivity contribution in [1.29, 1.82) is 0 Å². The number of esters is 1. The van der Waals surface area contributed by atoms with E-state index in [4.69, 9.17) is 33.0 Å². The topological polar surface area (TPSA) is 104 Å². The van der Waals surface area contributed by atoms with E-state index in [2.05, 4.69) is 0 Å². The number of hydrogen-bond acceptors (Lipinski definition) is 5. The minimum absolute atomic E-state index is 0.209. The smallest absolute Gasteiger partial charge is 0.341 e. The lowest BCUT2D eigenvalue weighted by molar-refractivity contribution is -0.176. The number of aliphatic hydroxyl groups excluding tert-OH is 1. The highest BCUT2D eigenvalue weighted by Crippen LogP contribution is 2.32. The number of aliphatic carboxylic acids is 1. The van der Waals surface area contributed by atoms with Gasteiger partial charge in [-0.15, -0.1) is 0 Å². The Kier molecular flexibility index (Phi) is 7.29. The van der Waals surface area contributed by atoms with Crippen LogP contribution in [0, 0.1) is 0 Å². The lowest BCUT2D eigenvalue weighted by atomic mass is 9.91. The van der Waals surface area contributed by atoms with Gasteiger partial charge in [-0.25, -0.2) is 9.59 Å². The van der Waals surface area contributed by atoms with Gasteiger partial charge in [0, 0.05) is 16.5 Å². The first-order valence-electron chi connectivity index (χ1n) is 8.52. The summed E-state index contributed by atoms with van der Waals surface area (Å²) in [4.78, 5) is 22.5. The summed E-state index contributed by atoms with van der Waals surface area (Å²) >= 11 is 12.0. The molecule has 6 nitrogen and oxygen atoms in total. The second-order valence-corrected chi connectivity index (χ2v) is 7.43. The number of carboxylic acid groups (broad SMARTS) is 1. The van der Waals surface area contributed by atoms with Crippen LogP contribution >= 0.6 is 23.2 Å². The number of carbonyl (C=O) groups is 2. The predicted molar refractivity (Wildman–Crippen MR) is 96.3 cm³/mol. The molecule has 1 aliphatic rings. The summed E-state index contributed by atoms with van der Waals surface area (Å²) in [5.41, 5.74) is -1.31. The number of hydrogen-bond donors (Lipinski definition) is 3. The summed E-state index contributed by atoms with van der Waals surface area (Å²) in [5.74, 6) is -2.72. The van der Waals surface area contributed by atoms with Gasteiger partial charge in [0.15, 0.2) is 6.10 Å². The average Bonchev–Trinajstić information content (AvgIpc) is 2.87. The van der Waals surface area contributed by atoms with Crippen LogP contribution in [-0.2, 0) is 20.7 Å². The number of benzene rings is 1. The van der Waals surface area contributed by atoms with Gasteiger partial charge in [0.1, 0.15) is 6.10 Å². The van der Waals surface area contributed by atoms with Crippen molar-refractivity contribution in [1.82, 2.24) is 0 Å². The zero-order chi connectivity index (χ0) is 19.3. The Bertz CT molecular complexity index is 665. The molecule has 0 saturated carbocycles. The Morgan fingerprint density at radius 3 is 2.62 bits per heavy atom. The summed E-state index contributed by atoms with van der Waals surface area (Å²) in [7, 11) is 0. The van der Waals surface area contributed by atoms with E-state index in [1.165, 1.54) is 0 Å². The maximum Gasteiger partial charge on any atom is 0.341 e. The maximum absolute atomic E-state index is 11.7. The molecule has 1 aromatic rings. The molecule has 1 aromatic carbocycles. The van der Waals surface area contributed by atoms with Crippen LogP contribution in [0.15, 0.2) is 18.2 Å². The molecule has 1 aliphatic heterocycles. The van der Waals surface area contributed by atoms with Gasteiger partial charge < -0.3 is 20.1 Å². The fourth-order valence-corrected chi connectivity index (χ4v) is 3.58. The molecule has 0 amide bonds. The Labute approximate surface area is 161 Å². The molecule has 3 N–H and O–H groups in total. The van der Waals surface area contributed by atoms with Crippen LogP contribution in [0.2, 0.25) is 10.0 Å². The van der Waals surface area contributed by atoms with Crippen LogP contribution in [-0.4, -0.2) is 45.1 Å². The molecular formula is C18H22Cl2O6. The van der Waals surface area contributed by atoms with Crippen LogP contribution in [0.1, 0.15) is 44.1 Å². The molecule has 1 heterocycles. The highest BCUT2D eigenvalue weighted by molar-refractivity contribution is 6.35. The van der Waals surface area contributed by atoms with Crippen LogP contribution < -0.4 is 0 Å². The van der Waals surface area contributed by atoms with Gasteiger partial charge in [-0.05, 0) is 43.4 Å². The predicted octanol–water partition coefficient (Wildman–Crippen LogP) is 2.98.